The van der Waals surface area contributed by atoms with Gasteiger partial charge in [0.05, 0.1) is 0 Å². The molecule has 5 heteroatoms. The molecule has 10 heavy (non-hydrogen) atoms. The van der Waals surface area contributed by atoms with Crippen molar-refractivity contribution in [3.05, 3.63) is 12.0 Å². The maximum Gasteiger partial charge on any atom is 0.210 e. The maximum absolute atomic E-state index is 9.00. The van der Waals surface area contributed by atoms with Gasteiger partial charge >= 0.3 is 0 Å². The third-order valence-electron chi connectivity index (χ3n) is 1.10. The van der Waals surface area contributed by atoms with E-state index in [1.165, 1.54) is 13.3 Å². The van der Waals surface area contributed by atoms with Crippen molar-refractivity contribution in [2.75, 3.05) is 7.11 Å². The molecule has 1 aliphatic rings. The fraction of sp³-hybridized carbons (Fsp3) is 0.400. The Balaban J connectivity index is 2.68. The highest BCUT2D eigenvalue weighted by molar-refractivity contribution is 5.79. The van der Waals surface area contributed by atoms with Gasteiger partial charge in [-0.25, -0.2) is 4.99 Å². The summed E-state index contributed by atoms with van der Waals surface area (Å²) in [4.78, 5) is 3.72. The lowest BCUT2D eigenvalue weighted by atomic mass is 10.4. The number of nitrogens with one attached hydrogen (secondary N) is 1. The summed E-state index contributed by atoms with van der Waals surface area (Å²) in [7, 11) is 1.44. The molecule has 4 N–H and O–H groups in total. The van der Waals surface area contributed by atoms with Crippen LogP contribution >= 0.6 is 0 Å². The fourth-order valence-corrected chi connectivity index (χ4v) is 0.622. The van der Waals surface area contributed by atoms with Crippen LogP contribution in [-0.2, 0) is 4.74 Å². The van der Waals surface area contributed by atoms with E-state index in [1.54, 1.807) is 0 Å². The molecule has 0 saturated carbocycles. The van der Waals surface area contributed by atoms with Crippen LogP contribution in [-0.4, -0.2) is 24.4 Å². The second-order valence-electron chi connectivity index (χ2n) is 1.82. The number of aliphatic hydroxyl groups excluding tert-OH is 1. The standard InChI is InChI=1S/C5H9N3O2/c1-10-4-3(9)2-7-5(6)8-4/h2,4,9H,1H3,(H3,6,7,8). The predicted molar refractivity (Wildman–Crippen MR) is 36.3 cm³/mol. The molecule has 0 radical (unpaired) electrons. The molecule has 0 aromatic carbocycles. The van der Waals surface area contributed by atoms with Gasteiger partial charge in [-0.15, -0.1) is 0 Å². The summed E-state index contributed by atoms with van der Waals surface area (Å²) >= 11 is 0. The summed E-state index contributed by atoms with van der Waals surface area (Å²) in [5, 5.41) is 11.5. The molecule has 0 aromatic rings. The minimum Gasteiger partial charge on any atom is -0.506 e. The van der Waals surface area contributed by atoms with E-state index in [-0.39, 0.29) is 11.7 Å². The van der Waals surface area contributed by atoms with Crippen molar-refractivity contribution in [2.45, 2.75) is 6.23 Å². The van der Waals surface area contributed by atoms with E-state index in [2.05, 4.69) is 10.3 Å². The Labute approximate surface area is 58.2 Å². The average Bonchev–Trinajstić information content (AvgIpc) is 1.94. The molecule has 0 amide bonds. The quantitative estimate of drug-likeness (QED) is 0.452. The number of aliphatic hydroxyl groups is 1. The molecular formula is C5H9N3O2. The molecule has 0 saturated heterocycles. The first-order valence-corrected chi connectivity index (χ1v) is 2.75. The van der Waals surface area contributed by atoms with E-state index >= 15 is 0 Å². The second kappa shape index (κ2) is 2.57. The van der Waals surface area contributed by atoms with Gasteiger partial charge in [-0.2, -0.15) is 0 Å². The molecule has 0 fully saturated rings. The maximum atomic E-state index is 9.00. The van der Waals surface area contributed by atoms with Gasteiger partial charge in [0.25, 0.3) is 0 Å². The SMILES string of the molecule is COC1N=C(N)NC=C1O. The molecule has 56 valence electrons. The van der Waals surface area contributed by atoms with Crippen LogP contribution in [0.25, 0.3) is 0 Å². The molecule has 0 bridgehead atoms. The molecule has 0 aromatic heterocycles. The van der Waals surface area contributed by atoms with E-state index in [9.17, 15) is 0 Å². The zero-order chi connectivity index (χ0) is 7.56. The zero-order valence-corrected chi connectivity index (χ0v) is 5.53. The normalized spacial score (nSPS) is 24.7. The first-order chi connectivity index (χ1) is 4.74. The van der Waals surface area contributed by atoms with E-state index in [1.807, 2.05) is 0 Å². The van der Waals surface area contributed by atoms with Crippen molar-refractivity contribution in [1.29, 1.82) is 0 Å². The third-order valence-corrected chi connectivity index (χ3v) is 1.10. The van der Waals surface area contributed by atoms with Gasteiger partial charge in [-0.3, -0.25) is 0 Å². The Morgan fingerprint density at radius 3 is 3.10 bits per heavy atom. The number of nitrogens with zero attached hydrogens (tertiary/aromatic N) is 1. The first-order valence-electron chi connectivity index (χ1n) is 2.75. The number of methoxy groups -OCH3 is 1. The Kier molecular flexibility index (Phi) is 1.77. The van der Waals surface area contributed by atoms with Crippen LogP contribution in [0.4, 0.5) is 0 Å². The molecule has 1 unspecified atom stereocenters. The van der Waals surface area contributed by atoms with Crippen molar-refractivity contribution in [3.8, 4) is 0 Å². The van der Waals surface area contributed by atoms with Gasteiger partial charge in [0.2, 0.25) is 6.23 Å². The predicted octanol–water partition coefficient (Wildman–Crippen LogP) is -0.724. The van der Waals surface area contributed by atoms with Gasteiger partial charge < -0.3 is 20.9 Å². The van der Waals surface area contributed by atoms with Crippen molar-refractivity contribution in [2.24, 2.45) is 10.7 Å². The van der Waals surface area contributed by atoms with Crippen molar-refractivity contribution in [1.82, 2.24) is 5.32 Å². The van der Waals surface area contributed by atoms with Gasteiger partial charge in [0, 0.05) is 13.3 Å². The summed E-state index contributed by atoms with van der Waals surface area (Å²) < 4.78 is 4.75. The average molecular weight is 143 g/mol. The Hall–Kier alpha value is -1.23. The monoisotopic (exact) mass is 143 g/mol. The summed E-state index contributed by atoms with van der Waals surface area (Å²) in [6.45, 7) is 0. The lowest BCUT2D eigenvalue weighted by Crippen LogP contribution is -2.34. The number of nitrogens with two attached hydrogens (primary N) is 1. The van der Waals surface area contributed by atoms with Crippen molar-refractivity contribution < 1.29 is 9.84 Å². The molecule has 0 spiro atoms. The third kappa shape index (κ3) is 1.19. The van der Waals surface area contributed by atoms with Crippen LogP contribution in [0.2, 0.25) is 0 Å². The van der Waals surface area contributed by atoms with Crippen LogP contribution in [0.3, 0.4) is 0 Å². The summed E-state index contributed by atoms with van der Waals surface area (Å²) in [6, 6.07) is 0. The van der Waals surface area contributed by atoms with Crippen LogP contribution in [0.15, 0.2) is 17.0 Å². The number of aliphatic imine (C=N–C) groups is 1. The van der Waals surface area contributed by atoms with Gasteiger partial charge in [0.15, 0.2) is 11.7 Å². The first kappa shape index (κ1) is 6.88. The van der Waals surface area contributed by atoms with E-state index in [0.717, 1.165) is 0 Å². The summed E-state index contributed by atoms with van der Waals surface area (Å²) in [5.41, 5.74) is 5.27. The lowest BCUT2D eigenvalue weighted by molar-refractivity contribution is 0.0973. The van der Waals surface area contributed by atoms with E-state index in [4.69, 9.17) is 15.6 Å². The van der Waals surface area contributed by atoms with Gasteiger partial charge in [-0.05, 0) is 0 Å². The van der Waals surface area contributed by atoms with Crippen molar-refractivity contribution in [3.63, 3.8) is 0 Å². The Bertz CT molecular complexity index is 187. The molecule has 5 nitrogen and oxygen atoms in total. The van der Waals surface area contributed by atoms with E-state index < -0.39 is 6.23 Å². The molecular weight excluding hydrogens is 134 g/mol. The van der Waals surface area contributed by atoms with Gasteiger partial charge in [0.1, 0.15) is 0 Å². The molecule has 1 heterocycles. The summed E-state index contributed by atoms with van der Waals surface area (Å²) in [5.74, 6) is 0.265. The Morgan fingerprint density at radius 2 is 2.60 bits per heavy atom. The molecule has 0 aliphatic carbocycles. The van der Waals surface area contributed by atoms with Crippen molar-refractivity contribution >= 4 is 5.96 Å². The van der Waals surface area contributed by atoms with Crippen LogP contribution in [0.1, 0.15) is 0 Å². The molecule has 1 atom stereocenters. The summed E-state index contributed by atoms with van der Waals surface area (Å²) in [6.07, 6.45) is 0.692. The molecule has 1 aliphatic heterocycles. The van der Waals surface area contributed by atoms with Crippen LogP contribution in [0.5, 0.6) is 0 Å². The fourth-order valence-electron chi connectivity index (χ4n) is 0.622. The lowest BCUT2D eigenvalue weighted by Gasteiger charge is -2.15. The van der Waals surface area contributed by atoms with Crippen LogP contribution in [0, 0.1) is 0 Å². The van der Waals surface area contributed by atoms with E-state index in [0.29, 0.717) is 0 Å². The highest BCUT2D eigenvalue weighted by Gasteiger charge is 2.14. The highest BCUT2D eigenvalue weighted by atomic mass is 16.5. The van der Waals surface area contributed by atoms with Crippen LogP contribution < -0.4 is 11.1 Å². The topological polar surface area (TPSA) is 79.9 Å². The number of guanidine groups is 1. The number of ether oxygens (including phenoxy) is 1. The second-order valence-corrected chi connectivity index (χ2v) is 1.82. The number of hydrogen-bond donors (Lipinski definition) is 3. The van der Waals surface area contributed by atoms with Gasteiger partial charge in [-0.1, -0.05) is 0 Å². The zero-order valence-electron chi connectivity index (χ0n) is 5.53. The molecule has 1 rings (SSSR count). The Morgan fingerprint density at radius 1 is 1.90 bits per heavy atom. The largest absolute Gasteiger partial charge is 0.506 e. The minimum atomic E-state index is -0.652. The number of rotatable bonds is 1. The number of hydrogen-bond acceptors (Lipinski definition) is 5. The highest BCUT2D eigenvalue weighted by Crippen LogP contribution is 2.05. The minimum absolute atomic E-state index is 0.0247. The smallest absolute Gasteiger partial charge is 0.210 e.